The Bertz CT molecular complexity index is 603. The first-order chi connectivity index (χ1) is 11.1. The van der Waals surface area contributed by atoms with Gasteiger partial charge in [0.05, 0.1) is 5.92 Å². The molecule has 1 aromatic rings. The molecule has 5 heteroatoms. The molecule has 1 atom stereocenters. The summed E-state index contributed by atoms with van der Waals surface area (Å²) in [6.07, 6.45) is 6.22. The second-order valence-electron chi connectivity index (χ2n) is 6.62. The first-order valence-corrected chi connectivity index (χ1v) is 8.32. The minimum Gasteiger partial charge on any atom is -0.326 e. The lowest BCUT2D eigenvalue weighted by Crippen LogP contribution is -2.22. The summed E-state index contributed by atoms with van der Waals surface area (Å²) >= 11 is 0. The van der Waals surface area contributed by atoms with Gasteiger partial charge in [-0.25, -0.2) is 0 Å². The number of imide groups is 1. The second-order valence-corrected chi connectivity index (χ2v) is 6.62. The van der Waals surface area contributed by atoms with Crippen LogP contribution in [0.2, 0.25) is 0 Å². The number of nitrogens with one attached hydrogen (secondary N) is 2. The molecule has 1 aromatic carbocycles. The van der Waals surface area contributed by atoms with Gasteiger partial charge >= 0.3 is 0 Å². The highest BCUT2D eigenvalue weighted by atomic mass is 16.2. The minimum absolute atomic E-state index is 0.0745. The van der Waals surface area contributed by atoms with Crippen LogP contribution in [-0.2, 0) is 20.8 Å². The van der Waals surface area contributed by atoms with E-state index in [2.05, 4.69) is 10.6 Å². The molecule has 2 N–H and O–H groups in total. The van der Waals surface area contributed by atoms with Crippen molar-refractivity contribution >= 4 is 23.4 Å². The minimum atomic E-state index is -0.273. The Morgan fingerprint density at radius 2 is 1.83 bits per heavy atom. The molecule has 3 amide bonds. The zero-order chi connectivity index (χ0) is 16.2. The van der Waals surface area contributed by atoms with Gasteiger partial charge in [0.15, 0.2) is 0 Å². The van der Waals surface area contributed by atoms with Crippen LogP contribution in [-0.4, -0.2) is 17.7 Å². The highest BCUT2D eigenvalue weighted by molar-refractivity contribution is 6.03. The molecule has 2 aliphatic rings. The van der Waals surface area contributed by atoms with E-state index >= 15 is 0 Å². The van der Waals surface area contributed by atoms with Crippen LogP contribution in [0, 0.1) is 11.8 Å². The van der Waals surface area contributed by atoms with Gasteiger partial charge < -0.3 is 5.32 Å². The van der Waals surface area contributed by atoms with Crippen LogP contribution in [0.3, 0.4) is 0 Å². The van der Waals surface area contributed by atoms with E-state index < -0.39 is 0 Å². The Hall–Kier alpha value is -2.17. The maximum Gasteiger partial charge on any atom is 0.230 e. The summed E-state index contributed by atoms with van der Waals surface area (Å²) in [7, 11) is 0. The Kier molecular flexibility index (Phi) is 4.74. The van der Waals surface area contributed by atoms with Gasteiger partial charge in [-0.3, -0.25) is 19.7 Å². The predicted molar refractivity (Wildman–Crippen MR) is 86.6 cm³/mol. The maximum atomic E-state index is 12.0. The van der Waals surface area contributed by atoms with Crippen LogP contribution in [0.15, 0.2) is 24.3 Å². The lowest BCUT2D eigenvalue weighted by atomic mass is 9.98. The van der Waals surface area contributed by atoms with Gasteiger partial charge in [0.2, 0.25) is 17.7 Å². The predicted octanol–water partition coefficient (Wildman–Crippen LogP) is 2.41. The summed E-state index contributed by atoms with van der Waals surface area (Å²) in [5, 5.41) is 5.26. The second kappa shape index (κ2) is 6.94. The lowest BCUT2D eigenvalue weighted by Gasteiger charge is -2.11. The summed E-state index contributed by atoms with van der Waals surface area (Å²) in [5.74, 6) is -0.0526. The Balaban J connectivity index is 1.51. The highest BCUT2D eigenvalue weighted by Crippen LogP contribution is 2.28. The normalized spacial score (nSPS) is 21.5. The van der Waals surface area contributed by atoms with Crippen molar-refractivity contribution in [2.75, 3.05) is 5.32 Å². The summed E-state index contributed by atoms with van der Waals surface area (Å²) in [6, 6.07) is 7.52. The van der Waals surface area contributed by atoms with E-state index in [4.69, 9.17) is 0 Å². The molecule has 1 saturated carbocycles. The number of carbonyl (C=O) groups excluding carboxylic acids is 3. The molecular weight excluding hydrogens is 292 g/mol. The topological polar surface area (TPSA) is 75.3 Å². The van der Waals surface area contributed by atoms with Crippen molar-refractivity contribution in [2.45, 2.75) is 44.9 Å². The van der Waals surface area contributed by atoms with Crippen LogP contribution in [0.5, 0.6) is 0 Å². The molecule has 5 nitrogen and oxygen atoms in total. The fourth-order valence-electron chi connectivity index (χ4n) is 3.47. The maximum absolute atomic E-state index is 12.0. The van der Waals surface area contributed by atoms with Gasteiger partial charge in [0.1, 0.15) is 0 Å². The van der Waals surface area contributed by atoms with Gasteiger partial charge in [-0.15, -0.1) is 0 Å². The van der Waals surface area contributed by atoms with Crippen molar-refractivity contribution < 1.29 is 14.4 Å². The Labute approximate surface area is 135 Å². The van der Waals surface area contributed by atoms with Crippen molar-refractivity contribution in [1.82, 2.24) is 5.32 Å². The molecule has 1 heterocycles. The van der Waals surface area contributed by atoms with E-state index in [9.17, 15) is 14.4 Å². The fourth-order valence-corrected chi connectivity index (χ4v) is 3.47. The van der Waals surface area contributed by atoms with Gasteiger partial charge in [0.25, 0.3) is 0 Å². The number of rotatable bonds is 5. The average molecular weight is 314 g/mol. The first-order valence-electron chi connectivity index (χ1n) is 8.32. The third kappa shape index (κ3) is 4.18. The third-order valence-corrected chi connectivity index (χ3v) is 4.73. The van der Waals surface area contributed by atoms with Crippen LogP contribution in [0.4, 0.5) is 5.69 Å². The molecule has 3 rings (SSSR count). The molecule has 1 saturated heterocycles. The first kappa shape index (κ1) is 15.7. The number of hydrogen-bond donors (Lipinski definition) is 2. The number of amides is 3. The van der Waals surface area contributed by atoms with Crippen molar-refractivity contribution in [3.63, 3.8) is 0 Å². The van der Waals surface area contributed by atoms with Gasteiger partial charge in [-0.2, -0.15) is 0 Å². The number of anilines is 1. The number of hydrogen-bond acceptors (Lipinski definition) is 3. The molecular formula is C18H22N2O3. The molecule has 0 aromatic heterocycles. The molecule has 0 radical (unpaired) electrons. The van der Waals surface area contributed by atoms with E-state index in [1.165, 1.54) is 12.8 Å². The summed E-state index contributed by atoms with van der Waals surface area (Å²) < 4.78 is 0. The highest BCUT2D eigenvalue weighted by Gasteiger charge is 2.30. The molecule has 1 aliphatic carbocycles. The van der Waals surface area contributed by atoms with E-state index in [-0.39, 0.29) is 30.1 Å². The molecule has 122 valence electrons. The Morgan fingerprint density at radius 3 is 2.43 bits per heavy atom. The van der Waals surface area contributed by atoms with Crippen LogP contribution >= 0.6 is 0 Å². The van der Waals surface area contributed by atoms with Gasteiger partial charge in [-0.05, 0) is 42.9 Å². The van der Waals surface area contributed by atoms with E-state index in [0.29, 0.717) is 18.8 Å². The zero-order valence-electron chi connectivity index (χ0n) is 13.1. The summed E-state index contributed by atoms with van der Waals surface area (Å²) in [4.78, 5) is 34.8. The standard InChI is InChI=1S/C18H22N2O3/c21-16(10-12-3-1-2-4-12)19-15-7-5-13(6-8-15)9-14-11-17(22)20-18(14)23/h5-8,12,14H,1-4,9-11H2,(H,19,21)(H,20,22,23). The SMILES string of the molecule is O=C1CC(Cc2ccc(NC(=O)CC3CCCC3)cc2)C(=O)N1. The van der Waals surface area contributed by atoms with Gasteiger partial charge in [0, 0.05) is 18.5 Å². The number of carbonyl (C=O) groups is 3. The van der Waals surface area contributed by atoms with Crippen molar-refractivity contribution in [3.05, 3.63) is 29.8 Å². The molecule has 23 heavy (non-hydrogen) atoms. The van der Waals surface area contributed by atoms with E-state index in [1.807, 2.05) is 24.3 Å². The lowest BCUT2D eigenvalue weighted by molar-refractivity contribution is -0.125. The van der Waals surface area contributed by atoms with E-state index in [0.717, 1.165) is 24.1 Å². The van der Waals surface area contributed by atoms with Crippen LogP contribution in [0.1, 0.15) is 44.1 Å². The summed E-state index contributed by atoms with van der Waals surface area (Å²) in [5.41, 5.74) is 1.78. The molecule has 0 bridgehead atoms. The van der Waals surface area contributed by atoms with Crippen molar-refractivity contribution in [3.8, 4) is 0 Å². The third-order valence-electron chi connectivity index (χ3n) is 4.73. The van der Waals surface area contributed by atoms with Crippen LogP contribution < -0.4 is 10.6 Å². The quantitative estimate of drug-likeness (QED) is 0.820. The van der Waals surface area contributed by atoms with Crippen molar-refractivity contribution in [1.29, 1.82) is 0 Å². The average Bonchev–Trinajstić information content (AvgIpc) is 3.11. The monoisotopic (exact) mass is 314 g/mol. The Morgan fingerprint density at radius 1 is 1.13 bits per heavy atom. The summed E-state index contributed by atoms with van der Waals surface area (Å²) in [6.45, 7) is 0. The fraction of sp³-hybridized carbons (Fsp3) is 0.500. The smallest absolute Gasteiger partial charge is 0.230 e. The molecule has 0 spiro atoms. The number of benzene rings is 1. The van der Waals surface area contributed by atoms with E-state index in [1.54, 1.807) is 0 Å². The zero-order valence-corrected chi connectivity index (χ0v) is 13.1. The molecule has 1 unspecified atom stereocenters. The molecule has 2 fully saturated rings. The van der Waals surface area contributed by atoms with Crippen LogP contribution in [0.25, 0.3) is 0 Å². The van der Waals surface area contributed by atoms with Crippen molar-refractivity contribution in [2.24, 2.45) is 11.8 Å². The molecule has 1 aliphatic heterocycles. The largest absolute Gasteiger partial charge is 0.326 e. The van der Waals surface area contributed by atoms with Gasteiger partial charge in [-0.1, -0.05) is 25.0 Å².